The van der Waals surface area contributed by atoms with Gasteiger partial charge in [0.1, 0.15) is 10.8 Å². The lowest BCUT2D eigenvalue weighted by Gasteiger charge is -2.23. The van der Waals surface area contributed by atoms with Gasteiger partial charge in [-0.2, -0.15) is 4.72 Å². The maximum absolute atomic E-state index is 12.3. The van der Waals surface area contributed by atoms with Gasteiger partial charge >= 0.3 is 0 Å². The first-order valence-corrected chi connectivity index (χ1v) is 8.11. The van der Waals surface area contributed by atoms with Crippen LogP contribution in [0.2, 0.25) is 0 Å². The molecular weight excluding hydrogens is 298 g/mol. The van der Waals surface area contributed by atoms with E-state index >= 15 is 0 Å². The molecule has 1 aromatic carbocycles. The van der Waals surface area contributed by atoms with Crippen LogP contribution in [0.15, 0.2) is 34.7 Å². The third-order valence-electron chi connectivity index (χ3n) is 2.67. The molecule has 1 heterocycles. The molecule has 4 N–H and O–H groups in total. The summed E-state index contributed by atoms with van der Waals surface area (Å²) in [6, 6.07) is 3.77. The van der Waals surface area contributed by atoms with Crippen molar-refractivity contribution in [2.75, 3.05) is 5.73 Å². The molecule has 0 aliphatic rings. The molecule has 0 radical (unpaired) electrons. The number of anilines is 1. The second kappa shape index (κ2) is 5.04. The standard InChI is InChI=1S/C12H15N3O3S2/c1-12(2,11-14-5-6-19-11)15-20(17,18)8-3-4-10(16)9(13)7-8/h3-7,15-16H,13H2,1-2H3. The molecule has 0 saturated heterocycles. The number of hydrogen-bond donors (Lipinski definition) is 3. The van der Waals surface area contributed by atoms with Crippen LogP contribution in [0.4, 0.5) is 5.69 Å². The molecule has 6 nitrogen and oxygen atoms in total. The Balaban J connectivity index is 2.34. The fraction of sp³-hybridized carbons (Fsp3) is 0.250. The van der Waals surface area contributed by atoms with Crippen molar-refractivity contribution in [1.29, 1.82) is 0 Å². The fourth-order valence-corrected chi connectivity index (χ4v) is 3.87. The van der Waals surface area contributed by atoms with Crippen LogP contribution in [-0.4, -0.2) is 18.5 Å². The van der Waals surface area contributed by atoms with Crippen molar-refractivity contribution in [2.24, 2.45) is 0 Å². The Hall–Kier alpha value is -1.64. The summed E-state index contributed by atoms with van der Waals surface area (Å²) in [7, 11) is -3.76. The maximum atomic E-state index is 12.3. The van der Waals surface area contributed by atoms with E-state index in [0.29, 0.717) is 5.01 Å². The number of rotatable bonds is 4. The highest BCUT2D eigenvalue weighted by molar-refractivity contribution is 7.89. The number of nitrogens with zero attached hydrogens (tertiary/aromatic N) is 1. The van der Waals surface area contributed by atoms with E-state index in [1.54, 1.807) is 25.4 Å². The average Bonchev–Trinajstić information content (AvgIpc) is 2.85. The van der Waals surface area contributed by atoms with Crippen molar-refractivity contribution >= 4 is 27.0 Å². The summed E-state index contributed by atoms with van der Waals surface area (Å²) < 4.78 is 27.3. The predicted molar refractivity (Wildman–Crippen MR) is 78.0 cm³/mol. The van der Waals surface area contributed by atoms with Gasteiger partial charge in [-0.05, 0) is 32.0 Å². The monoisotopic (exact) mass is 313 g/mol. The van der Waals surface area contributed by atoms with E-state index in [-0.39, 0.29) is 16.3 Å². The summed E-state index contributed by atoms with van der Waals surface area (Å²) >= 11 is 1.37. The number of nitrogens with two attached hydrogens (primary N) is 1. The molecule has 8 heteroatoms. The predicted octanol–water partition coefficient (Wildman–Crippen LogP) is 1.64. The molecule has 20 heavy (non-hydrogen) atoms. The molecule has 0 saturated carbocycles. The highest BCUT2D eigenvalue weighted by Gasteiger charge is 2.30. The van der Waals surface area contributed by atoms with E-state index in [9.17, 15) is 13.5 Å². The van der Waals surface area contributed by atoms with Crippen molar-refractivity contribution in [2.45, 2.75) is 24.3 Å². The van der Waals surface area contributed by atoms with Crippen LogP contribution in [-0.2, 0) is 15.6 Å². The van der Waals surface area contributed by atoms with Gasteiger partial charge in [-0.15, -0.1) is 11.3 Å². The van der Waals surface area contributed by atoms with E-state index in [2.05, 4.69) is 9.71 Å². The van der Waals surface area contributed by atoms with Crippen molar-refractivity contribution in [3.05, 3.63) is 34.8 Å². The van der Waals surface area contributed by atoms with Gasteiger partial charge in [0.15, 0.2) is 0 Å². The van der Waals surface area contributed by atoms with Crippen LogP contribution in [0.3, 0.4) is 0 Å². The van der Waals surface area contributed by atoms with E-state index in [4.69, 9.17) is 5.73 Å². The minimum atomic E-state index is -3.76. The number of phenolic OH excluding ortho intramolecular Hbond substituents is 1. The Morgan fingerprint density at radius 3 is 2.65 bits per heavy atom. The molecule has 2 rings (SSSR count). The second-order valence-electron chi connectivity index (χ2n) is 4.79. The number of nitrogen functional groups attached to an aromatic ring is 1. The van der Waals surface area contributed by atoms with Gasteiger partial charge in [0, 0.05) is 11.6 Å². The Bertz CT molecular complexity index is 710. The Morgan fingerprint density at radius 2 is 2.10 bits per heavy atom. The van der Waals surface area contributed by atoms with Gasteiger partial charge in [-0.1, -0.05) is 0 Å². The van der Waals surface area contributed by atoms with Crippen molar-refractivity contribution < 1.29 is 13.5 Å². The topological polar surface area (TPSA) is 105 Å². The molecule has 108 valence electrons. The molecule has 0 amide bonds. The van der Waals surface area contributed by atoms with Crippen LogP contribution < -0.4 is 10.5 Å². The number of thiazole rings is 1. The third-order valence-corrected chi connectivity index (χ3v) is 5.42. The van der Waals surface area contributed by atoms with Gasteiger partial charge in [0.25, 0.3) is 0 Å². The van der Waals surface area contributed by atoms with Gasteiger partial charge < -0.3 is 10.8 Å². The lowest BCUT2D eigenvalue weighted by molar-refractivity contribution is 0.469. The van der Waals surface area contributed by atoms with E-state index < -0.39 is 15.6 Å². The molecule has 0 bridgehead atoms. The zero-order valence-electron chi connectivity index (χ0n) is 11.0. The Morgan fingerprint density at radius 1 is 1.40 bits per heavy atom. The summed E-state index contributed by atoms with van der Waals surface area (Å²) in [5.41, 5.74) is 4.70. The average molecular weight is 313 g/mol. The van der Waals surface area contributed by atoms with Crippen LogP contribution in [0.25, 0.3) is 0 Å². The number of phenols is 1. The quantitative estimate of drug-likeness (QED) is 0.588. The lowest BCUT2D eigenvalue weighted by atomic mass is 10.1. The number of nitrogens with one attached hydrogen (secondary N) is 1. The summed E-state index contributed by atoms with van der Waals surface area (Å²) in [4.78, 5) is 4.12. The van der Waals surface area contributed by atoms with Crippen molar-refractivity contribution in [3.63, 3.8) is 0 Å². The van der Waals surface area contributed by atoms with Gasteiger partial charge in [0.05, 0.1) is 16.1 Å². The van der Waals surface area contributed by atoms with Crippen LogP contribution in [0.5, 0.6) is 5.75 Å². The summed E-state index contributed by atoms with van der Waals surface area (Å²) in [5, 5.41) is 11.8. The van der Waals surface area contributed by atoms with Crippen LogP contribution in [0, 0.1) is 0 Å². The molecule has 0 spiro atoms. The first-order chi connectivity index (χ1) is 9.22. The molecule has 0 aliphatic carbocycles. The van der Waals surface area contributed by atoms with E-state index in [1.807, 2.05) is 0 Å². The molecular formula is C12H15N3O3S2. The van der Waals surface area contributed by atoms with Crippen LogP contribution >= 0.6 is 11.3 Å². The summed E-state index contributed by atoms with van der Waals surface area (Å²) in [6.45, 7) is 3.46. The van der Waals surface area contributed by atoms with Gasteiger partial charge in [0.2, 0.25) is 10.0 Å². The van der Waals surface area contributed by atoms with Gasteiger partial charge in [-0.3, -0.25) is 0 Å². The fourth-order valence-electron chi connectivity index (χ4n) is 1.67. The third kappa shape index (κ3) is 2.92. The Kier molecular flexibility index (Phi) is 3.72. The summed E-state index contributed by atoms with van der Waals surface area (Å²) in [5.74, 6) is -0.150. The minimum Gasteiger partial charge on any atom is -0.506 e. The van der Waals surface area contributed by atoms with Crippen molar-refractivity contribution in [3.8, 4) is 5.75 Å². The first-order valence-electron chi connectivity index (χ1n) is 5.75. The normalized spacial score (nSPS) is 12.5. The van der Waals surface area contributed by atoms with Crippen LogP contribution in [0.1, 0.15) is 18.9 Å². The number of sulfonamides is 1. The van der Waals surface area contributed by atoms with E-state index in [0.717, 1.165) is 0 Å². The minimum absolute atomic E-state index is 0.00238. The number of hydrogen-bond acceptors (Lipinski definition) is 6. The molecule has 0 atom stereocenters. The number of aromatic nitrogens is 1. The first kappa shape index (κ1) is 14.8. The smallest absolute Gasteiger partial charge is 0.241 e. The van der Waals surface area contributed by atoms with Gasteiger partial charge in [-0.25, -0.2) is 13.4 Å². The SMILES string of the molecule is CC(C)(NS(=O)(=O)c1ccc(O)c(N)c1)c1nccs1. The number of aromatic hydroxyl groups is 1. The summed E-state index contributed by atoms with van der Waals surface area (Å²) in [6.07, 6.45) is 1.62. The lowest BCUT2D eigenvalue weighted by Crippen LogP contribution is -2.40. The highest BCUT2D eigenvalue weighted by atomic mass is 32.2. The second-order valence-corrected chi connectivity index (χ2v) is 7.37. The zero-order valence-corrected chi connectivity index (χ0v) is 12.6. The largest absolute Gasteiger partial charge is 0.506 e. The molecule has 0 unspecified atom stereocenters. The van der Waals surface area contributed by atoms with E-state index in [1.165, 1.54) is 29.5 Å². The molecule has 1 aromatic heterocycles. The van der Waals surface area contributed by atoms with Crippen molar-refractivity contribution in [1.82, 2.24) is 9.71 Å². The molecule has 0 fully saturated rings. The number of benzene rings is 1. The Labute approximate surface area is 121 Å². The maximum Gasteiger partial charge on any atom is 0.241 e. The molecule has 0 aliphatic heterocycles. The molecule has 2 aromatic rings. The highest BCUT2D eigenvalue weighted by Crippen LogP contribution is 2.27. The zero-order chi connectivity index (χ0) is 15.0.